The van der Waals surface area contributed by atoms with E-state index in [2.05, 4.69) is 20.3 Å². The third kappa shape index (κ3) is 3.27. The van der Waals surface area contributed by atoms with Gasteiger partial charge in [0, 0.05) is 34.2 Å². The van der Waals surface area contributed by atoms with E-state index in [0.29, 0.717) is 18.4 Å². The second kappa shape index (κ2) is 6.21. The molecule has 1 aromatic heterocycles. The third-order valence-corrected chi connectivity index (χ3v) is 3.47. The third-order valence-electron chi connectivity index (χ3n) is 3.31. The molecule has 1 saturated heterocycles. The molecule has 110 valence electrons. The highest BCUT2D eigenvalue weighted by molar-refractivity contribution is 6.28. The Kier molecular flexibility index (Phi) is 4.59. The lowest BCUT2D eigenvalue weighted by Gasteiger charge is -2.32. The summed E-state index contributed by atoms with van der Waals surface area (Å²) in [4.78, 5) is 28.1. The van der Waals surface area contributed by atoms with Gasteiger partial charge in [-0.2, -0.15) is 15.0 Å². The minimum Gasteiger partial charge on any atom is -0.359 e. The van der Waals surface area contributed by atoms with Gasteiger partial charge in [0.15, 0.2) is 0 Å². The van der Waals surface area contributed by atoms with Crippen LogP contribution in [0.3, 0.4) is 0 Å². The van der Waals surface area contributed by atoms with Crippen LogP contribution in [0, 0.1) is 5.92 Å². The van der Waals surface area contributed by atoms with Crippen LogP contribution in [0.25, 0.3) is 0 Å². The quantitative estimate of drug-likeness (QED) is 0.878. The molecule has 1 aliphatic rings. The SMILES string of the molecule is CNC(=O)C1CCCN(c2nc(Cl)nc(N(C)C)n2)C1. The first kappa shape index (κ1) is 14.8. The number of nitrogens with zero attached hydrogens (tertiary/aromatic N) is 5. The van der Waals surface area contributed by atoms with Gasteiger partial charge in [-0.25, -0.2) is 0 Å². The molecule has 1 fully saturated rings. The molecule has 0 spiro atoms. The molecule has 1 N–H and O–H groups in total. The van der Waals surface area contributed by atoms with Gasteiger partial charge in [0.25, 0.3) is 0 Å². The maximum atomic E-state index is 11.8. The number of aromatic nitrogens is 3. The fourth-order valence-corrected chi connectivity index (χ4v) is 2.40. The molecular weight excluding hydrogens is 280 g/mol. The number of amides is 1. The zero-order valence-electron chi connectivity index (χ0n) is 11.9. The number of hydrogen-bond donors (Lipinski definition) is 1. The number of piperidine rings is 1. The summed E-state index contributed by atoms with van der Waals surface area (Å²) < 4.78 is 0. The number of carbonyl (C=O) groups is 1. The largest absolute Gasteiger partial charge is 0.359 e. The fraction of sp³-hybridized carbons (Fsp3) is 0.667. The van der Waals surface area contributed by atoms with Gasteiger partial charge in [-0.05, 0) is 24.4 Å². The van der Waals surface area contributed by atoms with Crippen LogP contribution in [0.15, 0.2) is 0 Å². The molecule has 0 bridgehead atoms. The molecule has 1 amide bonds. The normalized spacial score (nSPS) is 18.8. The molecule has 1 aliphatic heterocycles. The Bertz CT molecular complexity index is 495. The predicted molar refractivity (Wildman–Crippen MR) is 78.2 cm³/mol. The summed E-state index contributed by atoms with van der Waals surface area (Å²) in [6, 6.07) is 0. The number of anilines is 2. The van der Waals surface area contributed by atoms with Crippen LogP contribution in [0.5, 0.6) is 0 Å². The summed E-state index contributed by atoms with van der Waals surface area (Å²) in [5, 5.41) is 2.86. The molecule has 20 heavy (non-hydrogen) atoms. The summed E-state index contributed by atoms with van der Waals surface area (Å²) >= 11 is 5.94. The van der Waals surface area contributed by atoms with E-state index in [4.69, 9.17) is 11.6 Å². The van der Waals surface area contributed by atoms with Crippen molar-refractivity contribution in [1.29, 1.82) is 0 Å². The molecule has 2 heterocycles. The maximum absolute atomic E-state index is 11.8. The first-order valence-electron chi connectivity index (χ1n) is 6.56. The second-order valence-corrected chi connectivity index (χ2v) is 5.34. The Morgan fingerprint density at radius 1 is 1.40 bits per heavy atom. The van der Waals surface area contributed by atoms with Gasteiger partial charge in [-0.1, -0.05) is 0 Å². The average Bonchev–Trinajstić information content (AvgIpc) is 2.45. The molecule has 1 atom stereocenters. The van der Waals surface area contributed by atoms with E-state index in [-0.39, 0.29) is 17.1 Å². The van der Waals surface area contributed by atoms with Crippen LogP contribution in [-0.4, -0.2) is 55.1 Å². The number of nitrogens with one attached hydrogen (secondary N) is 1. The molecule has 0 aromatic carbocycles. The van der Waals surface area contributed by atoms with Gasteiger partial charge in [0.05, 0.1) is 5.92 Å². The van der Waals surface area contributed by atoms with E-state index < -0.39 is 0 Å². The van der Waals surface area contributed by atoms with Crippen LogP contribution >= 0.6 is 11.6 Å². The minimum absolute atomic E-state index is 0.0351. The highest BCUT2D eigenvalue weighted by atomic mass is 35.5. The van der Waals surface area contributed by atoms with Crippen molar-refractivity contribution in [1.82, 2.24) is 20.3 Å². The summed E-state index contributed by atoms with van der Waals surface area (Å²) in [5.41, 5.74) is 0. The van der Waals surface area contributed by atoms with Crippen molar-refractivity contribution < 1.29 is 4.79 Å². The molecular formula is C12H19ClN6O. The standard InChI is InChI=1S/C12H19ClN6O/c1-14-9(20)8-5-4-6-19(7-8)12-16-10(13)15-11(17-12)18(2)3/h8H,4-7H2,1-3H3,(H,14,20). The molecule has 8 heteroatoms. The number of halogens is 1. The number of hydrogen-bond acceptors (Lipinski definition) is 6. The van der Waals surface area contributed by atoms with E-state index >= 15 is 0 Å². The van der Waals surface area contributed by atoms with Crippen molar-refractivity contribution in [2.24, 2.45) is 5.92 Å². The van der Waals surface area contributed by atoms with Crippen LogP contribution in [0.2, 0.25) is 5.28 Å². The summed E-state index contributed by atoms with van der Waals surface area (Å²) in [7, 11) is 5.35. The molecule has 0 radical (unpaired) electrons. The first-order valence-corrected chi connectivity index (χ1v) is 6.94. The zero-order chi connectivity index (χ0) is 14.7. The molecule has 1 unspecified atom stereocenters. The molecule has 1 aromatic rings. The van der Waals surface area contributed by atoms with Crippen LogP contribution in [-0.2, 0) is 4.79 Å². The van der Waals surface area contributed by atoms with Crippen molar-refractivity contribution >= 4 is 29.4 Å². The summed E-state index contributed by atoms with van der Waals surface area (Å²) in [5.74, 6) is 1.07. The topological polar surface area (TPSA) is 74.2 Å². The molecule has 0 aliphatic carbocycles. The minimum atomic E-state index is -0.0351. The molecule has 0 saturated carbocycles. The smallest absolute Gasteiger partial charge is 0.231 e. The van der Waals surface area contributed by atoms with Crippen LogP contribution in [0.1, 0.15) is 12.8 Å². The van der Waals surface area contributed by atoms with Crippen molar-refractivity contribution in [3.63, 3.8) is 0 Å². The summed E-state index contributed by atoms with van der Waals surface area (Å²) in [6.45, 7) is 1.42. The van der Waals surface area contributed by atoms with E-state index in [1.165, 1.54) is 0 Å². The van der Waals surface area contributed by atoms with Gasteiger partial charge >= 0.3 is 0 Å². The summed E-state index contributed by atoms with van der Waals surface area (Å²) in [6.07, 6.45) is 1.81. The lowest BCUT2D eigenvalue weighted by atomic mass is 9.97. The Morgan fingerprint density at radius 3 is 2.80 bits per heavy atom. The van der Waals surface area contributed by atoms with Gasteiger partial charge in [0.1, 0.15) is 0 Å². The van der Waals surface area contributed by atoms with Crippen molar-refractivity contribution in [2.75, 3.05) is 44.0 Å². The monoisotopic (exact) mass is 298 g/mol. The van der Waals surface area contributed by atoms with Crippen molar-refractivity contribution in [2.45, 2.75) is 12.8 Å². The highest BCUT2D eigenvalue weighted by Crippen LogP contribution is 2.22. The second-order valence-electron chi connectivity index (χ2n) is 5.00. The molecule has 7 nitrogen and oxygen atoms in total. The Balaban J connectivity index is 2.20. The molecule has 2 rings (SSSR count). The van der Waals surface area contributed by atoms with Gasteiger partial charge in [0.2, 0.25) is 23.1 Å². The number of rotatable bonds is 3. The Labute approximate surface area is 123 Å². The average molecular weight is 299 g/mol. The van der Waals surface area contributed by atoms with Crippen molar-refractivity contribution in [3.8, 4) is 0 Å². The van der Waals surface area contributed by atoms with Gasteiger partial charge in [-0.3, -0.25) is 4.79 Å². The van der Waals surface area contributed by atoms with E-state index in [9.17, 15) is 4.79 Å². The Hall–Kier alpha value is -1.63. The Morgan fingerprint density at radius 2 is 2.15 bits per heavy atom. The zero-order valence-corrected chi connectivity index (χ0v) is 12.7. The maximum Gasteiger partial charge on any atom is 0.231 e. The number of carbonyl (C=O) groups excluding carboxylic acids is 1. The van der Waals surface area contributed by atoms with Crippen LogP contribution < -0.4 is 15.1 Å². The van der Waals surface area contributed by atoms with E-state index in [0.717, 1.165) is 19.4 Å². The van der Waals surface area contributed by atoms with Gasteiger partial charge in [-0.15, -0.1) is 0 Å². The lowest BCUT2D eigenvalue weighted by Crippen LogP contribution is -2.43. The van der Waals surface area contributed by atoms with Crippen LogP contribution in [0.4, 0.5) is 11.9 Å². The van der Waals surface area contributed by atoms with E-state index in [1.807, 2.05) is 19.0 Å². The van der Waals surface area contributed by atoms with E-state index in [1.54, 1.807) is 11.9 Å². The predicted octanol–water partition coefficient (Wildman–Crippen LogP) is 0.553. The lowest BCUT2D eigenvalue weighted by molar-refractivity contribution is -0.124. The fourth-order valence-electron chi connectivity index (χ4n) is 2.25. The first-order chi connectivity index (χ1) is 9.51. The van der Waals surface area contributed by atoms with Gasteiger partial charge < -0.3 is 15.1 Å². The van der Waals surface area contributed by atoms with Crippen molar-refractivity contribution in [3.05, 3.63) is 5.28 Å². The highest BCUT2D eigenvalue weighted by Gasteiger charge is 2.27.